The molecular weight excluding hydrogens is 575 g/mol. The fraction of sp³-hybridized carbons (Fsp3) is 0.355. The van der Waals surface area contributed by atoms with Gasteiger partial charge in [0, 0.05) is 36.7 Å². The average Bonchev–Trinajstić information content (AvgIpc) is 3.47. The van der Waals surface area contributed by atoms with E-state index < -0.39 is 45.2 Å². The van der Waals surface area contributed by atoms with Crippen molar-refractivity contribution in [3.05, 3.63) is 105 Å². The Morgan fingerprint density at radius 3 is 2.33 bits per heavy atom. The molecule has 0 aliphatic heterocycles. The summed E-state index contributed by atoms with van der Waals surface area (Å²) in [5.74, 6) is -1.76. The highest BCUT2D eigenvalue weighted by molar-refractivity contribution is 7.92. The van der Waals surface area contributed by atoms with Crippen LogP contribution in [0.3, 0.4) is 0 Å². The number of anilines is 1. The predicted octanol–water partition coefficient (Wildman–Crippen LogP) is 4.51. The van der Waals surface area contributed by atoms with Crippen molar-refractivity contribution in [3.8, 4) is 0 Å². The van der Waals surface area contributed by atoms with E-state index in [-0.39, 0.29) is 35.9 Å². The molecule has 3 aromatic carbocycles. The Morgan fingerprint density at radius 2 is 1.70 bits per heavy atom. The van der Waals surface area contributed by atoms with Crippen molar-refractivity contribution in [2.75, 3.05) is 17.1 Å². The monoisotopic (exact) mass is 610 g/mol. The highest BCUT2D eigenvalue weighted by Crippen LogP contribution is 2.28. The first-order valence-corrected chi connectivity index (χ1v) is 15.9. The molecule has 0 aromatic heterocycles. The van der Waals surface area contributed by atoms with E-state index >= 15 is 0 Å². The first-order valence-electron chi connectivity index (χ1n) is 14.0. The Hall–Kier alpha value is -4.32. The summed E-state index contributed by atoms with van der Waals surface area (Å²) in [4.78, 5) is 40.0. The number of aryl methyl sites for hydroxylation is 1. The summed E-state index contributed by atoms with van der Waals surface area (Å²) in [6.45, 7) is 0.524. The number of nitro groups is 1. The zero-order valence-corrected chi connectivity index (χ0v) is 24.9. The van der Waals surface area contributed by atoms with Crippen molar-refractivity contribution in [1.29, 1.82) is 0 Å². The van der Waals surface area contributed by atoms with Crippen LogP contribution in [0, 0.1) is 22.9 Å². The number of nitro benzene ring substituents is 1. The molecule has 4 rings (SSSR count). The van der Waals surface area contributed by atoms with E-state index in [1.807, 2.05) is 18.2 Å². The van der Waals surface area contributed by atoms with Gasteiger partial charge in [0.2, 0.25) is 21.8 Å². The number of rotatable bonds is 12. The van der Waals surface area contributed by atoms with E-state index in [0.717, 1.165) is 47.9 Å². The number of hydrogen-bond acceptors (Lipinski definition) is 6. The Labute approximate surface area is 250 Å². The number of amides is 2. The number of non-ortho nitro benzene ring substituents is 1. The van der Waals surface area contributed by atoms with Gasteiger partial charge in [-0.2, -0.15) is 0 Å². The molecule has 0 saturated heterocycles. The average molecular weight is 611 g/mol. The van der Waals surface area contributed by atoms with Gasteiger partial charge in [-0.3, -0.25) is 24.0 Å². The van der Waals surface area contributed by atoms with Gasteiger partial charge in [0.25, 0.3) is 5.69 Å². The molecule has 1 fully saturated rings. The van der Waals surface area contributed by atoms with Crippen molar-refractivity contribution in [2.24, 2.45) is 0 Å². The maximum Gasteiger partial charge on any atom is 0.271 e. The molecule has 3 aromatic rings. The summed E-state index contributed by atoms with van der Waals surface area (Å²) in [7, 11) is -4.13. The third-order valence-corrected chi connectivity index (χ3v) is 8.75. The summed E-state index contributed by atoms with van der Waals surface area (Å²) in [5, 5.41) is 14.5. The van der Waals surface area contributed by atoms with Crippen molar-refractivity contribution in [3.63, 3.8) is 0 Å². The molecule has 0 heterocycles. The van der Waals surface area contributed by atoms with E-state index in [0.29, 0.717) is 5.56 Å². The molecule has 1 atom stereocenters. The van der Waals surface area contributed by atoms with Gasteiger partial charge in [-0.1, -0.05) is 67.4 Å². The lowest BCUT2D eigenvalue weighted by molar-refractivity contribution is -0.384. The van der Waals surface area contributed by atoms with Crippen LogP contribution in [0.4, 0.5) is 15.8 Å². The van der Waals surface area contributed by atoms with Crippen LogP contribution in [0.1, 0.15) is 42.4 Å². The van der Waals surface area contributed by atoms with Crippen LogP contribution in [0.25, 0.3) is 0 Å². The number of carbonyl (C=O) groups is 2. The topological polar surface area (TPSA) is 130 Å². The van der Waals surface area contributed by atoms with E-state index in [1.165, 1.54) is 35.2 Å². The standard InChI is InChI=1S/C31H35FN4O6S/c1-22-16-17-26(36(39)40)19-28(22)35(43(2,41)42)21-30(37)34(20-24-12-6-9-15-27(24)32)29(18-23-10-4-3-5-11-23)31(38)33-25-13-7-8-14-25/h3-6,9-12,15-17,19,25,29H,7-8,13-14,18,20-21H2,1-2H3,(H,33,38)/t29-/m1/s1. The second kappa shape index (κ2) is 13.8. The number of hydrogen-bond donors (Lipinski definition) is 1. The van der Waals surface area contributed by atoms with Crippen molar-refractivity contribution in [2.45, 2.75) is 57.7 Å². The van der Waals surface area contributed by atoms with Gasteiger partial charge in [0.15, 0.2) is 0 Å². The largest absolute Gasteiger partial charge is 0.352 e. The minimum atomic E-state index is -4.13. The summed E-state index contributed by atoms with van der Waals surface area (Å²) in [6, 6.07) is 17.5. The van der Waals surface area contributed by atoms with Gasteiger partial charge >= 0.3 is 0 Å². The molecule has 1 N–H and O–H groups in total. The van der Waals surface area contributed by atoms with E-state index in [9.17, 15) is 32.5 Å². The highest BCUT2D eigenvalue weighted by Gasteiger charge is 2.35. The van der Waals surface area contributed by atoms with Crippen LogP contribution >= 0.6 is 0 Å². The molecule has 1 aliphatic carbocycles. The van der Waals surface area contributed by atoms with Gasteiger partial charge in [0.05, 0.1) is 16.9 Å². The lowest BCUT2D eigenvalue weighted by Crippen LogP contribution is -2.54. The van der Waals surface area contributed by atoms with Crippen LogP contribution in [0.5, 0.6) is 0 Å². The van der Waals surface area contributed by atoms with Crippen LogP contribution in [0.2, 0.25) is 0 Å². The molecule has 1 saturated carbocycles. The molecule has 1 aliphatic rings. The van der Waals surface area contributed by atoms with Crippen LogP contribution in [-0.2, 0) is 32.6 Å². The summed E-state index contributed by atoms with van der Waals surface area (Å²) < 4.78 is 41.7. The molecular formula is C31H35FN4O6S. The molecule has 12 heteroatoms. The lowest BCUT2D eigenvalue weighted by atomic mass is 10.0. The highest BCUT2D eigenvalue weighted by atomic mass is 32.2. The molecule has 0 spiro atoms. The lowest BCUT2D eigenvalue weighted by Gasteiger charge is -2.34. The van der Waals surface area contributed by atoms with Gasteiger partial charge in [-0.05, 0) is 37.0 Å². The number of nitrogens with one attached hydrogen (secondary N) is 1. The Kier molecular flexibility index (Phi) is 10.1. The van der Waals surface area contributed by atoms with E-state index in [1.54, 1.807) is 25.1 Å². The number of halogens is 1. The Morgan fingerprint density at radius 1 is 1.05 bits per heavy atom. The van der Waals surface area contributed by atoms with Crippen molar-refractivity contribution >= 4 is 33.2 Å². The zero-order valence-electron chi connectivity index (χ0n) is 24.1. The van der Waals surface area contributed by atoms with Gasteiger partial charge < -0.3 is 10.2 Å². The number of benzene rings is 3. The maximum atomic E-state index is 14.9. The quantitative estimate of drug-likeness (QED) is 0.237. The smallest absolute Gasteiger partial charge is 0.271 e. The number of sulfonamides is 1. The molecule has 43 heavy (non-hydrogen) atoms. The van der Waals surface area contributed by atoms with Crippen LogP contribution < -0.4 is 9.62 Å². The van der Waals surface area contributed by atoms with Crippen LogP contribution in [-0.4, -0.2) is 54.9 Å². The number of carbonyl (C=O) groups excluding carboxylic acids is 2. The molecule has 2 amide bonds. The van der Waals surface area contributed by atoms with Gasteiger partial charge in [-0.25, -0.2) is 12.8 Å². The van der Waals surface area contributed by atoms with E-state index in [4.69, 9.17) is 0 Å². The maximum absolute atomic E-state index is 14.9. The normalized spacial score (nSPS) is 14.2. The molecule has 0 unspecified atom stereocenters. The summed E-state index contributed by atoms with van der Waals surface area (Å²) in [6.07, 6.45) is 4.55. The Bertz CT molecular complexity index is 1580. The molecule has 228 valence electrons. The van der Waals surface area contributed by atoms with Crippen molar-refractivity contribution < 1.29 is 27.3 Å². The van der Waals surface area contributed by atoms with Gasteiger partial charge in [-0.15, -0.1) is 0 Å². The second-order valence-corrected chi connectivity index (χ2v) is 12.7. The Balaban J connectivity index is 1.77. The molecule has 0 radical (unpaired) electrons. The predicted molar refractivity (Wildman–Crippen MR) is 161 cm³/mol. The minimum absolute atomic E-state index is 0.0362. The van der Waals surface area contributed by atoms with Crippen molar-refractivity contribution in [1.82, 2.24) is 10.2 Å². The first kappa shape index (κ1) is 31.6. The molecule has 10 nitrogen and oxygen atoms in total. The second-order valence-electron chi connectivity index (χ2n) is 10.8. The minimum Gasteiger partial charge on any atom is -0.352 e. The fourth-order valence-corrected chi connectivity index (χ4v) is 6.21. The van der Waals surface area contributed by atoms with Gasteiger partial charge in [0.1, 0.15) is 18.4 Å². The SMILES string of the molecule is Cc1ccc([N+](=O)[O-])cc1N(CC(=O)N(Cc1ccccc1F)[C@H](Cc1ccccc1)C(=O)NC1CCCC1)S(C)(=O)=O. The van der Waals surface area contributed by atoms with E-state index in [2.05, 4.69) is 5.32 Å². The third kappa shape index (κ3) is 8.16. The zero-order chi connectivity index (χ0) is 31.1. The summed E-state index contributed by atoms with van der Waals surface area (Å²) >= 11 is 0. The fourth-order valence-electron chi connectivity index (χ4n) is 5.31. The molecule has 0 bridgehead atoms. The summed E-state index contributed by atoms with van der Waals surface area (Å²) in [5.41, 5.74) is 0.924. The number of nitrogens with zero attached hydrogens (tertiary/aromatic N) is 3. The first-order chi connectivity index (χ1) is 20.4. The third-order valence-electron chi connectivity index (χ3n) is 7.62. The van der Waals surface area contributed by atoms with Crippen LogP contribution in [0.15, 0.2) is 72.8 Å².